The highest BCUT2D eigenvalue weighted by molar-refractivity contribution is 7.92. The first-order valence-corrected chi connectivity index (χ1v) is 13.7. The van der Waals surface area contributed by atoms with Crippen LogP contribution in [-0.4, -0.2) is 40.6 Å². The van der Waals surface area contributed by atoms with E-state index in [1.165, 1.54) is 18.5 Å². The van der Waals surface area contributed by atoms with Gasteiger partial charge in [0, 0.05) is 25.3 Å². The summed E-state index contributed by atoms with van der Waals surface area (Å²) in [5.41, 5.74) is 3.49. The summed E-state index contributed by atoms with van der Waals surface area (Å²) < 4.78 is 33.7. The number of ether oxygens (including phenoxy) is 1. The first-order chi connectivity index (χ1) is 17.4. The Bertz CT molecular complexity index is 1250. The van der Waals surface area contributed by atoms with Crippen LogP contribution in [0, 0.1) is 6.92 Å². The second kappa shape index (κ2) is 11.5. The van der Waals surface area contributed by atoms with Crippen LogP contribution in [0.4, 0.5) is 11.4 Å². The van der Waals surface area contributed by atoms with E-state index in [1.54, 1.807) is 48.5 Å². The minimum atomic E-state index is -3.96. The molecule has 0 saturated carbocycles. The normalized spacial score (nSPS) is 13.4. The van der Waals surface area contributed by atoms with E-state index in [-0.39, 0.29) is 17.3 Å². The van der Waals surface area contributed by atoms with Crippen LogP contribution >= 0.6 is 0 Å². The molecule has 1 N–H and O–H groups in total. The number of amides is 1. The van der Waals surface area contributed by atoms with Crippen molar-refractivity contribution in [1.29, 1.82) is 0 Å². The molecule has 1 fully saturated rings. The molecular weight excluding hydrogens is 474 g/mol. The molecular formula is C28H33N3O4S. The maximum absolute atomic E-state index is 13.5. The molecule has 0 atom stereocenters. The first kappa shape index (κ1) is 25.6. The van der Waals surface area contributed by atoms with Gasteiger partial charge in [-0.3, -0.25) is 9.10 Å². The molecule has 1 amide bonds. The van der Waals surface area contributed by atoms with Crippen molar-refractivity contribution in [3.05, 3.63) is 83.9 Å². The molecule has 4 rings (SSSR count). The zero-order valence-electron chi connectivity index (χ0n) is 20.8. The topological polar surface area (TPSA) is 79.0 Å². The van der Waals surface area contributed by atoms with Crippen molar-refractivity contribution in [3.63, 3.8) is 0 Å². The van der Waals surface area contributed by atoms with Gasteiger partial charge in [0.2, 0.25) is 5.91 Å². The van der Waals surface area contributed by atoms with Crippen LogP contribution in [-0.2, 0) is 21.4 Å². The van der Waals surface area contributed by atoms with Crippen LogP contribution in [0.2, 0.25) is 0 Å². The number of hydrogen-bond donors (Lipinski definition) is 1. The van der Waals surface area contributed by atoms with E-state index in [4.69, 9.17) is 4.74 Å². The summed E-state index contributed by atoms with van der Waals surface area (Å²) in [6.07, 6.45) is 2.43. The minimum Gasteiger partial charge on any atom is -0.494 e. The molecule has 7 nitrogen and oxygen atoms in total. The molecule has 3 aromatic carbocycles. The number of rotatable bonds is 10. The van der Waals surface area contributed by atoms with E-state index in [9.17, 15) is 13.2 Å². The van der Waals surface area contributed by atoms with E-state index in [0.29, 0.717) is 24.6 Å². The number of nitrogens with zero attached hydrogens (tertiary/aromatic N) is 2. The van der Waals surface area contributed by atoms with Gasteiger partial charge < -0.3 is 15.0 Å². The van der Waals surface area contributed by atoms with Gasteiger partial charge in [0.05, 0.1) is 17.2 Å². The summed E-state index contributed by atoms with van der Waals surface area (Å²) in [6, 6.07) is 21.5. The predicted octanol–water partition coefficient (Wildman–Crippen LogP) is 4.51. The van der Waals surface area contributed by atoms with Gasteiger partial charge >= 0.3 is 0 Å². The third-order valence-corrected chi connectivity index (χ3v) is 8.02. The average Bonchev–Trinajstić information content (AvgIpc) is 3.42. The summed E-state index contributed by atoms with van der Waals surface area (Å²) in [6.45, 7) is 6.42. The van der Waals surface area contributed by atoms with Crippen LogP contribution in [0.15, 0.2) is 77.7 Å². The molecule has 8 heteroatoms. The quantitative estimate of drug-likeness (QED) is 0.437. The molecule has 1 aliphatic heterocycles. The van der Waals surface area contributed by atoms with Gasteiger partial charge in [-0.1, -0.05) is 29.8 Å². The van der Waals surface area contributed by atoms with Gasteiger partial charge in [0.1, 0.15) is 12.3 Å². The predicted molar refractivity (Wildman–Crippen MR) is 143 cm³/mol. The van der Waals surface area contributed by atoms with E-state index in [2.05, 4.69) is 22.3 Å². The molecule has 190 valence electrons. The van der Waals surface area contributed by atoms with Gasteiger partial charge in [-0.05, 0) is 80.8 Å². The van der Waals surface area contributed by atoms with Gasteiger partial charge in [0.25, 0.3) is 10.0 Å². The maximum atomic E-state index is 13.5. The number of aryl methyl sites for hydroxylation is 1. The summed E-state index contributed by atoms with van der Waals surface area (Å²) in [4.78, 5) is 15.4. The van der Waals surface area contributed by atoms with E-state index >= 15 is 0 Å². The van der Waals surface area contributed by atoms with Gasteiger partial charge in [-0.25, -0.2) is 8.42 Å². The van der Waals surface area contributed by atoms with Crippen molar-refractivity contribution >= 4 is 27.3 Å². The second-order valence-corrected chi connectivity index (χ2v) is 10.8. The standard InChI is InChI=1S/C28H33N3O4S/c1-3-35-26-14-12-25(13-15-26)31(36(33,34)27-16-6-22(2)7-17-27)21-28(32)29-20-23-8-10-24(11-9-23)30-18-4-5-19-30/h6-17H,3-5,18-21H2,1-2H3,(H,29,32). The average molecular weight is 508 g/mol. The van der Waals surface area contributed by atoms with Crippen LogP contribution in [0.25, 0.3) is 0 Å². The fourth-order valence-electron chi connectivity index (χ4n) is 4.21. The van der Waals surface area contributed by atoms with Crippen LogP contribution < -0.4 is 19.3 Å². The molecule has 1 heterocycles. The maximum Gasteiger partial charge on any atom is 0.264 e. The third kappa shape index (κ3) is 6.18. The number of sulfonamides is 1. The first-order valence-electron chi connectivity index (χ1n) is 12.3. The Kier molecular flexibility index (Phi) is 8.15. The largest absolute Gasteiger partial charge is 0.494 e. The SMILES string of the molecule is CCOc1ccc(N(CC(=O)NCc2ccc(N3CCCC3)cc2)S(=O)(=O)c2ccc(C)cc2)cc1. The molecule has 3 aromatic rings. The van der Waals surface area contributed by atoms with Crippen molar-refractivity contribution in [2.24, 2.45) is 0 Å². The van der Waals surface area contributed by atoms with Gasteiger partial charge in [-0.2, -0.15) is 0 Å². The van der Waals surface area contributed by atoms with Gasteiger partial charge in [0.15, 0.2) is 0 Å². The van der Waals surface area contributed by atoms with Crippen molar-refractivity contribution < 1.29 is 17.9 Å². The number of anilines is 2. The molecule has 0 bridgehead atoms. The molecule has 1 aliphatic rings. The number of carbonyl (C=O) groups excluding carboxylic acids is 1. The lowest BCUT2D eigenvalue weighted by Gasteiger charge is -2.24. The van der Waals surface area contributed by atoms with E-state index in [0.717, 1.165) is 28.5 Å². The molecule has 0 spiro atoms. The van der Waals surface area contributed by atoms with Crippen LogP contribution in [0.5, 0.6) is 5.75 Å². The molecule has 0 aliphatic carbocycles. The molecule has 0 radical (unpaired) electrons. The van der Waals surface area contributed by atoms with Crippen molar-refractivity contribution in [3.8, 4) is 5.75 Å². The van der Waals surface area contributed by atoms with Crippen molar-refractivity contribution in [1.82, 2.24) is 5.32 Å². The smallest absolute Gasteiger partial charge is 0.264 e. The van der Waals surface area contributed by atoms with E-state index in [1.807, 2.05) is 26.0 Å². The van der Waals surface area contributed by atoms with E-state index < -0.39 is 10.0 Å². The zero-order valence-corrected chi connectivity index (χ0v) is 21.6. The van der Waals surface area contributed by atoms with Gasteiger partial charge in [-0.15, -0.1) is 0 Å². The molecule has 0 aromatic heterocycles. The number of carbonyl (C=O) groups is 1. The lowest BCUT2D eigenvalue weighted by Crippen LogP contribution is -2.40. The Labute approximate surface area is 213 Å². The van der Waals surface area contributed by atoms with Crippen LogP contribution in [0.1, 0.15) is 30.9 Å². The number of benzene rings is 3. The lowest BCUT2D eigenvalue weighted by atomic mass is 10.2. The van der Waals surface area contributed by atoms with Crippen LogP contribution in [0.3, 0.4) is 0 Å². The van der Waals surface area contributed by atoms with Crippen molar-refractivity contribution in [2.75, 3.05) is 35.4 Å². The Morgan fingerprint density at radius 2 is 1.58 bits per heavy atom. The molecule has 1 saturated heterocycles. The Hall–Kier alpha value is -3.52. The monoisotopic (exact) mass is 507 g/mol. The zero-order chi connectivity index (χ0) is 25.5. The molecule has 36 heavy (non-hydrogen) atoms. The number of nitrogens with one attached hydrogen (secondary N) is 1. The summed E-state index contributed by atoms with van der Waals surface area (Å²) in [7, 11) is -3.96. The second-order valence-electron chi connectivity index (χ2n) is 8.89. The summed E-state index contributed by atoms with van der Waals surface area (Å²) in [5, 5.41) is 2.87. The summed E-state index contributed by atoms with van der Waals surface area (Å²) >= 11 is 0. The molecule has 0 unspecified atom stereocenters. The highest BCUT2D eigenvalue weighted by Crippen LogP contribution is 2.26. The number of hydrogen-bond acceptors (Lipinski definition) is 5. The Morgan fingerprint density at radius 3 is 2.19 bits per heavy atom. The highest BCUT2D eigenvalue weighted by Gasteiger charge is 2.27. The minimum absolute atomic E-state index is 0.132. The fourth-order valence-corrected chi connectivity index (χ4v) is 5.64. The van der Waals surface area contributed by atoms with Crippen molar-refractivity contribution in [2.45, 2.75) is 38.1 Å². The Balaban J connectivity index is 1.49. The fraction of sp³-hybridized carbons (Fsp3) is 0.321. The Morgan fingerprint density at radius 1 is 0.944 bits per heavy atom. The summed E-state index contributed by atoms with van der Waals surface area (Å²) in [5.74, 6) is 0.249. The third-order valence-electron chi connectivity index (χ3n) is 6.23. The lowest BCUT2D eigenvalue weighted by molar-refractivity contribution is -0.119. The highest BCUT2D eigenvalue weighted by atomic mass is 32.2.